The highest BCUT2D eigenvalue weighted by atomic mass is 32.2. The molecule has 0 aliphatic heterocycles. The van der Waals surface area contributed by atoms with Gasteiger partial charge in [-0.3, -0.25) is 4.79 Å². The lowest BCUT2D eigenvalue weighted by Gasteiger charge is -2.17. The van der Waals surface area contributed by atoms with Gasteiger partial charge >= 0.3 is 11.7 Å². The molecule has 0 aromatic heterocycles. The maximum absolute atomic E-state index is 12.7. The Bertz CT molecular complexity index is 1040. The predicted molar refractivity (Wildman–Crippen MR) is 104 cm³/mol. The number of ketones is 1. The molecular formula is C21H22F2O5S. The third-order valence-electron chi connectivity index (χ3n) is 5.27. The van der Waals surface area contributed by atoms with E-state index in [1.54, 1.807) is 0 Å². The maximum atomic E-state index is 12.7. The minimum absolute atomic E-state index is 0.0456. The second-order valence-electron chi connectivity index (χ2n) is 6.83. The van der Waals surface area contributed by atoms with Gasteiger partial charge in [-0.2, -0.15) is 8.78 Å². The Kier molecular flexibility index (Phi) is 6.57. The fourth-order valence-electron chi connectivity index (χ4n) is 3.09. The van der Waals surface area contributed by atoms with Gasteiger partial charge < -0.3 is 4.74 Å². The van der Waals surface area contributed by atoms with Crippen molar-refractivity contribution in [2.75, 3.05) is 6.61 Å². The number of esters is 1. The summed E-state index contributed by atoms with van der Waals surface area (Å²) >= 11 is 0. The van der Waals surface area contributed by atoms with Gasteiger partial charge in [-0.1, -0.05) is 0 Å². The first-order valence-corrected chi connectivity index (χ1v) is 10.3. The average molecular weight is 424 g/mol. The first kappa shape index (κ1) is 22.7. The predicted octanol–water partition coefficient (Wildman–Crippen LogP) is 4.26. The number of carbonyl (C=O) groups excluding carboxylic acids is 2. The molecule has 0 atom stereocenters. The highest BCUT2D eigenvalue weighted by Crippen LogP contribution is 2.26. The lowest BCUT2D eigenvalue weighted by molar-refractivity contribution is 0.0474. The molecule has 0 unspecified atom stereocenters. The van der Waals surface area contributed by atoms with Gasteiger partial charge in [0.15, 0.2) is 6.61 Å². The van der Waals surface area contributed by atoms with Crippen LogP contribution in [0.5, 0.6) is 0 Å². The van der Waals surface area contributed by atoms with Gasteiger partial charge in [0.1, 0.15) is 0 Å². The van der Waals surface area contributed by atoms with Crippen molar-refractivity contribution in [2.24, 2.45) is 0 Å². The second kappa shape index (κ2) is 8.41. The van der Waals surface area contributed by atoms with Crippen LogP contribution in [0.15, 0.2) is 29.2 Å². The molecule has 0 saturated heterocycles. The molecule has 0 N–H and O–H groups in total. The number of rotatable bonds is 6. The van der Waals surface area contributed by atoms with Crippen molar-refractivity contribution in [1.29, 1.82) is 0 Å². The van der Waals surface area contributed by atoms with Gasteiger partial charge in [-0.15, -0.1) is 0 Å². The van der Waals surface area contributed by atoms with Gasteiger partial charge in [0, 0.05) is 5.56 Å². The number of ether oxygens (including phenoxy) is 1. The number of benzene rings is 2. The largest absolute Gasteiger partial charge is 0.454 e. The van der Waals surface area contributed by atoms with E-state index in [0.717, 1.165) is 52.1 Å². The zero-order valence-corrected chi connectivity index (χ0v) is 17.6. The molecule has 0 radical (unpaired) electrons. The molecule has 2 aromatic carbocycles. The standard InChI is InChI=1S/C21H22F2O5S/c1-11-12(2)14(4)19(15(5)13(11)3)18(24)10-28-20(25)16-6-8-17(9-7-16)29(26,27)21(22)23/h6-9,21H,10H2,1-5H3. The fourth-order valence-corrected chi connectivity index (χ4v) is 3.81. The second-order valence-corrected chi connectivity index (χ2v) is 8.75. The van der Waals surface area contributed by atoms with Crippen LogP contribution >= 0.6 is 0 Å². The van der Waals surface area contributed by atoms with Crippen molar-refractivity contribution in [1.82, 2.24) is 0 Å². The summed E-state index contributed by atoms with van der Waals surface area (Å²) in [5.41, 5.74) is 5.22. The van der Waals surface area contributed by atoms with E-state index in [1.165, 1.54) is 0 Å². The minimum atomic E-state index is -4.74. The summed E-state index contributed by atoms with van der Waals surface area (Å²) in [5, 5.41) is 0. The fraction of sp³-hybridized carbons (Fsp3) is 0.333. The molecule has 2 rings (SSSR count). The Labute approximate surface area is 168 Å². The van der Waals surface area contributed by atoms with Crippen LogP contribution in [0.4, 0.5) is 8.78 Å². The van der Waals surface area contributed by atoms with E-state index in [1.807, 2.05) is 34.6 Å². The number of hydrogen-bond acceptors (Lipinski definition) is 5. The first-order valence-electron chi connectivity index (χ1n) is 8.79. The summed E-state index contributed by atoms with van der Waals surface area (Å²) in [6.45, 7) is 9.03. The van der Waals surface area contributed by atoms with Crippen molar-refractivity contribution in [3.63, 3.8) is 0 Å². The van der Waals surface area contributed by atoms with E-state index in [-0.39, 0.29) is 11.3 Å². The van der Waals surface area contributed by atoms with Crippen molar-refractivity contribution < 1.29 is 31.5 Å². The Morgan fingerprint density at radius 3 is 1.76 bits per heavy atom. The van der Waals surface area contributed by atoms with Crippen molar-refractivity contribution >= 4 is 21.6 Å². The van der Waals surface area contributed by atoms with E-state index < -0.39 is 33.1 Å². The Morgan fingerprint density at radius 2 is 1.31 bits per heavy atom. The molecule has 0 amide bonds. The van der Waals surface area contributed by atoms with Crippen molar-refractivity contribution in [3.05, 3.63) is 63.2 Å². The molecule has 5 nitrogen and oxygen atoms in total. The molecule has 8 heteroatoms. The number of hydrogen-bond donors (Lipinski definition) is 0. The number of sulfone groups is 1. The maximum Gasteiger partial charge on any atom is 0.341 e. The van der Waals surface area contributed by atoms with E-state index in [4.69, 9.17) is 4.74 Å². The zero-order valence-electron chi connectivity index (χ0n) is 16.8. The number of carbonyl (C=O) groups is 2. The molecule has 2 aromatic rings. The van der Waals surface area contributed by atoms with Crippen LogP contribution < -0.4 is 0 Å². The highest BCUT2D eigenvalue weighted by molar-refractivity contribution is 7.91. The quantitative estimate of drug-likeness (QED) is 0.511. The summed E-state index contributed by atoms with van der Waals surface area (Å²) in [7, 11) is -4.74. The van der Waals surface area contributed by atoms with E-state index >= 15 is 0 Å². The molecule has 0 aliphatic rings. The molecule has 0 saturated carbocycles. The highest BCUT2D eigenvalue weighted by Gasteiger charge is 2.26. The molecule has 0 bridgehead atoms. The van der Waals surface area contributed by atoms with Crippen molar-refractivity contribution in [3.8, 4) is 0 Å². The van der Waals surface area contributed by atoms with Gasteiger partial charge in [0.2, 0.25) is 15.6 Å². The molecule has 29 heavy (non-hydrogen) atoms. The van der Waals surface area contributed by atoms with E-state index in [0.29, 0.717) is 5.56 Å². The Balaban J connectivity index is 2.17. The normalized spacial score (nSPS) is 11.6. The van der Waals surface area contributed by atoms with Gasteiger partial charge in [0.05, 0.1) is 10.5 Å². The SMILES string of the molecule is Cc1c(C)c(C)c(C(=O)COC(=O)c2ccc(S(=O)(=O)C(F)F)cc2)c(C)c1C. The summed E-state index contributed by atoms with van der Waals surface area (Å²) in [6, 6.07) is 3.94. The summed E-state index contributed by atoms with van der Waals surface area (Å²) in [5.74, 6) is -4.75. The third kappa shape index (κ3) is 4.37. The zero-order chi connectivity index (χ0) is 22.1. The van der Waals surface area contributed by atoms with Crippen LogP contribution in [0, 0.1) is 34.6 Å². The molecule has 0 spiro atoms. The summed E-state index contributed by atoms with van der Waals surface area (Å²) < 4.78 is 53.0. The average Bonchev–Trinajstić information content (AvgIpc) is 2.69. The minimum Gasteiger partial charge on any atom is -0.454 e. The van der Waals surface area contributed by atoms with Gasteiger partial charge in [0.25, 0.3) is 0 Å². The topological polar surface area (TPSA) is 77.5 Å². The summed E-state index contributed by atoms with van der Waals surface area (Å²) in [6.07, 6.45) is 0. The van der Waals surface area contributed by atoms with Crippen LogP contribution in [0.2, 0.25) is 0 Å². The number of Topliss-reactive ketones (excluding diaryl/α,β-unsaturated/α-hetero) is 1. The summed E-state index contributed by atoms with van der Waals surface area (Å²) in [4.78, 5) is 24.2. The Morgan fingerprint density at radius 1 is 0.862 bits per heavy atom. The van der Waals surface area contributed by atoms with E-state index in [2.05, 4.69) is 0 Å². The Hall–Kier alpha value is -2.61. The third-order valence-corrected chi connectivity index (χ3v) is 6.66. The van der Waals surface area contributed by atoms with Gasteiger partial charge in [-0.25, -0.2) is 13.2 Å². The lowest BCUT2D eigenvalue weighted by Crippen LogP contribution is -2.18. The molecule has 0 heterocycles. The lowest BCUT2D eigenvalue weighted by atomic mass is 9.88. The molecule has 156 valence electrons. The smallest absolute Gasteiger partial charge is 0.341 e. The van der Waals surface area contributed by atoms with Crippen LogP contribution in [-0.4, -0.2) is 32.5 Å². The van der Waals surface area contributed by atoms with Crippen molar-refractivity contribution in [2.45, 2.75) is 45.3 Å². The van der Waals surface area contributed by atoms with Gasteiger partial charge in [-0.05, 0) is 86.7 Å². The number of alkyl halides is 2. The monoisotopic (exact) mass is 424 g/mol. The molecule has 0 aliphatic carbocycles. The number of halogens is 2. The van der Waals surface area contributed by atoms with Crippen LogP contribution in [0.1, 0.15) is 48.5 Å². The van der Waals surface area contributed by atoms with E-state index in [9.17, 15) is 26.8 Å². The molecular weight excluding hydrogens is 402 g/mol. The van der Waals surface area contributed by atoms with Crippen LogP contribution in [0.3, 0.4) is 0 Å². The first-order chi connectivity index (χ1) is 13.4. The molecule has 0 fully saturated rings. The van der Waals surface area contributed by atoms with Crippen LogP contribution in [0.25, 0.3) is 0 Å². The van der Waals surface area contributed by atoms with Crippen LogP contribution in [-0.2, 0) is 14.6 Å².